The highest BCUT2D eigenvalue weighted by molar-refractivity contribution is 5.65. The number of hydrogen-bond acceptors (Lipinski definition) is 2. The van der Waals surface area contributed by atoms with E-state index in [2.05, 4.69) is 5.10 Å². The third-order valence-corrected chi connectivity index (χ3v) is 3.97. The van der Waals surface area contributed by atoms with E-state index in [1.165, 1.54) is 31.4 Å². The van der Waals surface area contributed by atoms with Gasteiger partial charge < -0.3 is 5.73 Å². The molecule has 1 aliphatic carbocycles. The summed E-state index contributed by atoms with van der Waals surface area (Å²) in [6, 6.07) is 3.25. The number of anilines is 1. The van der Waals surface area contributed by atoms with Gasteiger partial charge in [-0.05, 0) is 25.0 Å². The summed E-state index contributed by atoms with van der Waals surface area (Å²) in [7, 11) is 0. The van der Waals surface area contributed by atoms with Crippen LogP contribution in [0.1, 0.15) is 38.1 Å². The summed E-state index contributed by atoms with van der Waals surface area (Å²) < 4.78 is 29.3. The minimum Gasteiger partial charge on any atom is -0.396 e. The van der Waals surface area contributed by atoms with Crippen molar-refractivity contribution in [1.82, 2.24) is 9.78 Å². The fraction of sp³-hybridized carbons (Fsp3) is 0.400. The van der Waals surface area contributed by atoms with Crippen LogP contribution in [0.25, 0.3) is 11.1 Å². The molecule has 0 spiro atoms. The zero-order valence-electron chi connectivity index (χ0n) is 11.1. The van der Waals surface area contributed by atoms with Gasteiger partial charge in [-0.3, -0.25) is 4.68 Å². The zero-order chi connectivity index (χ0) is 14.1. The maximum atomic E-state index is 13.9. The third kappa shape index (κ3) is 2.28. The average molecular weight is 277 g/mol. The van der Waals surface area contributed by atoms with Crippen molar-refractivity contribution >= 4 is 5.69 Å². The first kappa shape index (κ1) is 13.1. The van der Waals surface area contributed by atoms with E-state index in [9.17, 15) is 8.78 Å². The molecule has 0 atom stereocenters. The van der Waals surface area contributed by atoms with Crippen LogP contribution in [0.15, 0.2) is 24.5 Å². The summed E-state index contributed by atoms with van der Waals surface area (Å²) in [5.74, 6) is -1.90. The third-order valence-electron chi connectivity index (χ3n) is 3.97. The Morgan fingerprint density at radius 2 is 1.85 bits per heavy atom. The molecule has 3 nitrogen and oxygen atoms in total. The first-order chi connectivity index (χ1) is 9.66. The minimum atomic E-state index is -0.993. The maximum absolute atomic E-state index is 13.9. The quantitative estimate of drug-likeness (QED) is 0.846. The van der Waals surface area contributed by atoms with Crippen LogP contribution in [0, 0.1) is 11.6 Å². The molecule has 0 radical (unpaired) electrons. The summed E-state index contributed by atoms with van der Waals surface area (Å²) in [5.41, 5.74) is 5.98. The molecular weight excluding hydrogens is 260 g/mol. The van der Waals surface area contributed by atoms with Crippen molar-refractivity contribution < 1.29 is 8.78 Å². The lowest BCUT2D eigenvalue weighted by Crippen LogP contribution is -2.12. The number of benzene rings is 1. The summed E-state index contributed by atoms with van der Waals surface area (Å²) in [6.45, 7) is 0. The number of aromatic nitrogens is 2. The summed E-state index contributed by atoms with van der Waals surface area (Å²) in [5, 5.41) is 4.31. The van der Waals surface area contributed by atoms with Gasteiger partial charge in [-0.15, -0.1) is 0 Å². The molecule has 1 saturated carbocycles. The molecule has 2 N–H and O–H groups in total. The molecule has 3 rings (SSSR count). The molecule has 0 unspecified atom stereocenters. The van der Waals surface area contributed by atoms with Crippen LogP contribution in [0.2, 0.25) is 0 Å². The van der Waals surface area contributed by atoms with Crippen LogP contribution in [-0.4, -0.2) is 9.78 Å². The lowest BCUT2D eigenvalue weighted by Gasteiger charge is -2.21. The Morgan fingerprint density at radius 1 is 1.10 bits per heavy atom. The van der Waals surface area contributed by atoms with E-state index in [1.54, 1.807) is 12.4 Å². The number of hydrogen-bond donors (Lipinski definition) is 1. The van der Waals surface area contributed by atoms with Gasteiger partial charge in [0.2, 0.25) is 0 Å². The molecule has 20 heavy (non-hydrogen) atoms. The van der Waals surface area contributed by atoms with Crippen LogP contribution >= 0.6 is 0 Å². The van der Waals surface area contributed by atoms with E-state index >= 15 is 0 Å². The van der Waals surface area contributed by atoms with Crippen molar-refractivity contribution in [3.8, 4) is 11.1 Å². The van der Waals surface area contributed by atoms with E-state index < -0.39 is 11.6 Å². The predicted molar refractivity (Wildman–Crippen MR) is 74.1 cm³/mol. The highest BCUT2D eigenvalue weighted by Gasteiger charge is 2.18. The second-order valence-electron chi connectivity index (χ2n) is 5.33. The zero-order valence-corrected chi connectivity index (χ0v) is 11.1. The SMILES string of the molecule is Nc1ccc(-c2cnn(C3CCCCC3)c2)c(F)c1F. The van der Waals surface area contributed by atoms with Crippen LogP contribution in [-0.2, 0) is 0 Å². The first-order valence-corrected chi connectivity index (χ1v) is 6.95. The van der Waals surface area contributed by atoms with E-state index in [0.717, 1.165) is 12.8 Å². The standard InChI is InChI=1S/C15H17F2N3/c16-14-12(6-7-13(18)15(14)17)10-8-19-20(9-10)11-4-2-1-3-5-11/h6-9,11H,1-5,18H2. The van der Waals surface area contributed by atoms with Crippen molar-refractivity contribution in [3.05, 3.63) is 36.2 Å². The Morgan fingerprint density at radius 3 is 2.60 bits per heavy atom. The Labute approximate surface area is 116 Å². The molecule has 1 heterocycles. The van der Waals surface area contributed by atoms with E-state index in [-0.39, 0.29) is 11.3 Å². The molecular formula is C15H17F2N3. The van der Waals surface area contributed by atoms with E-state index in [1.807, 2.05) is 4.68 Å². The fourth-order valence-corrected chi connectivity index (χ4v) is 2.81. The Bertz CT molecular complexity index is 616. The largest absolute Gasteiger partial charge is 0.396 e. The molecule has 1 aromatic heterocycles. The lowest BCUT2D eigenvalue weighted by atomic mass is 9.96. The molecule has 2 aromatic rings. The molecule has 0 saturated heterocycles. The Kier molecular flexibility index (Phi) is 3.42. The molecule has 1 aromatic carbocycles. The number of halogens is 2. The first-order valence-electron chi connectivity index (χ1n) is 6.95. The van der Waals surface area contributed by atoms with Crippen LogP contribution in [0.5, 0.6) is 0 Å². The van der Waals surface area contributed by atoms with Crippen molar-refractivity contribution in [1.29, 1.82) is 0 Å². The molecule has 1 fully saturated rings. The van der Waals surface area contributed by atoms with Gasteiger partial charge in [-0.2, -0.15) is 5.10 Å². The Hall–Kier alpha value is -1.91. The van der Waals surface area contributed by atoms with Gasteiger partial charge in [0, 0.05) is 17.3 Å². The Balaban J connectivity index is 1.92. The molecule has 5 heteroatoms. The van der Waals surface area contributed by atoms with Gasteiger partial charge in [0.1, 0.15) is 0 Å². The van der Waals surface area contributed by atoms with Gasteiger partial charge in [-0.25, -0.2) is 8.78 Å². The normalized spacial score (nSPS) is 16.5. The second-order valence-corrected chi connectivity index (χ2v) is 5.33. The van der Waals surface area contributed by atoms with Crippen LogP contribution < -0.4 is 5.73 Å². The smallest absolute Gasteiger partial charge is 0.182 e. The molecule has 0 bridgehead atoms. The number of rotatable bonds is 2. The monoisotopic (exact) mass is 277 g/mol. The van der Waals surface area contributed by atoms with Crippen molar-refractivity contribution in [2.75, 3.05) is 5.73 Å². The molecule has 0 amide bonds. The second kappa shape index (κ2) is 5.23. The fourth-order valence-electron chi connectivity index (χ4n) is 2.81. The predicted octanol–water partition coefficient (Wildman–Crippen LogP) is 3.92. The summed E-state index contributed by atoms with van der Waals surface area (Å²) in [4.78, 5) is 0. The van der Waals surface area contributed by atoms with Crippen molar-refractivity contribution in [2.45, 2.75) is 38.1 Å². The van der Waals surface area contributed by atoms with Crippen molar-refractivity contribution in [2.24, 2.45) is 0 Å². The van der Waals surface area contributed by atoms with Gasteiger partial charge in [0.15, 0.2) is 11.6 Å². The van der Waals surface area contributed by atoms with Crippen molar-refractivity contribution in [3.63, 3.8) is 0 Å². The van der Waals surface area contributed by atoms with Gasteiger partial charge in [-0.1, -0.05) is 19.3 Å². The number of nitrogens with two attached hydrogens (primary N) is 1. The highest BCUT2D eigenvalue weighted by atomic mass is 19.2. The van der Waals surface area contributed by atoms with Crippen LogP contribution in [0.4, 0.5) is 14.5 Å². The van der Waals surface area contributed by atoms with E-state index in [4.69, 9.17) is 5.73 Å². The summed E-state index contributed by atoms with van der Waals surface area (Å²) >= 11 is 0. The number of nitrogen functional groups attached to an aromatic ring is 1. The molecule has 1 aliphatic rings. The lowest BCUT2D eigenvalue weighted by molar-refractivity contribution is 0.329. The highest BCUT2D eigenvalue weighted by Crippen LogP contribution is 2.31. The molecule has 106 valence electrons. The van der Waals surface area contributed by atoms with E-state index in [0.29, 0.717) is 11.6 Å². The molecule has 0 aliphatic heterocycles. The van der Waals surface area contributed by atoms with Gasteiger partial charge in [0.05, 0.1) is 17.9 Å². The van der Waals surface area contributed by atoms with Crippen LogP contribution in [0.3, 0.4) is 0 Å². The average Bonchev–Trinajstić information content (AvgIpc) is 2.95. The van der Waals surface area contributed by atoms with Gasteiger partial charge >= 0.3 is 0 Å². The summed E-state index contributed by atoms with van der Waals surface area (Å²) in [6.07, 6.45) is 9.24. The number of nitrogens with zero attached hydrogens (tertiary/aromatic N) is 2. The minimum absolute atomic E-state index is 0.175. The maximum Gasteiger partial charge on any atom is 0.182 e. The topological polar surface area (TPSA) is 43.8 Å². The van der Waals surface area contributed by atoms with Gasteiger partial charge in [0.25, 0.3) is 0 Å².